The fourth-order valence-electron chi connectivity index (χ4n) is 2.79. The van der Waals surface area contributed by atoms with Crippen molar-refractivity contribution in [3.63, 3.8) is 0 Å². The van der Waals surface area contributed by atoms with Gasteiger partial charge in [0.1, 0.15) is 5.82 Å². The highest BCUT2D eigenvalue weighted by atomic mass is 35.5. The number of rotatable bonds is 6. The molecule has 3 rings (SSSR count). The lowest BCUT2D eigenvalue weighted by Crippen LogP contribution is -2.11. The Morgan fingerprint density at radius 1 is 1.32 bits per heavy atom. The lowest BCUT2D eigenvalue weighted by molar-refractivity contribution is 0.597. The van der Waals surface area contributed by atoms with Gasteiger partial charge in [-0.15, -0.1) is 16.8 Å². The average molecular weight is 418 g/mol. The first-order chi connectivity index (χ1) is 11.9. The number of sulfone groups is 1. The van der Waals surface area contributed by atoms with Crippen molar-refractivity contribution in [2.24, 2.45) is 0 Å². The SMILES string of the molecule is C=CCn1c(SCc2ccc(Cl)c(Cl)c2)nnc1C1CCS(=O)(=O)C1. The third-order valence-electron chi connectivity index (χ3n) is 4.01. The summed E-state index contributed by atoms with van der Waals surface area (Å²) in [7, 11) is -2.97. The van der Waals surface area contributed by atoms with E-state index >= 15 is 0 Å². The van der Waals surface area contributed by atoms with E-state index in [-0.39, 0.29) is 17.4 Å². The fraction of sp³-hybridized carbons (Fsp3) is 0.375. The zero-order chi connectivity index (χ0) is 18.0. The molecular formula is C16H17Cl2N3O2S2. The van der Waals surface area contributed by atoms with Crippen LogP contribution in [0.5, 0.6) is 0 Å². The van der Waals surface area contributed by atoms with Gasteiger partial charge in [0.2, 0.25) is 0 Å². The van der Waals surface area contributed by atoms with Crippen LogP contribution in [-0.2, 0) is 22.1 Å². The van der Waals surface area contributed by atoms with Gasteiger partial charge in [-0.25, -0.2) is 8.42 Å². The first-order valence-electron chi connectivity index (χ1n) is 7.71. The Hall–Kier alpha value is -1.02. The summed E-state index contributed by atoms with van der Waals surface area (Å²) in [6, 6.07) is 5.51. The number of halogens is 2. The van der Waals surface area contributed by atoms with Gasteiger partial charge < -0.3 is 4.57 Å². The second-order valence-electron chi connectivity index (χ2n) is 5.88. The highest BCUT2D eigenvalue weighted by Crippen LogP contribution is 2.32. The van der Waals surface area contributed by atoms with Crippen molar-refractivity contribution < 1.29 is 8.42 Å². The van der Waals surface area contributed by atoms with Crippen molar-refractivity contribution in [2.75, 3.05) is 11.5 Å². The van der Waals surface area contributed by atoms with Crippen LogP contribution in [0.15, 0.2) is 36.0 Å². The molecule has 0 aliphatic carbocycles. The molecule has 134 valence electrons. The number of allylic oxidation sites excluding steroid dienone is 1. The Morgan fingerprint density at radius 3 is 2.76 bits per heavy atom. The van der Waals surface area contributed by atoms with Crippen molar-refractivity contribution in [3.05, 3.63) is 52.3 Å². The third kappa shape index (κ3) is 4.39. The molecule has 1 atom stereocenters. The first-order valence-corrected chi connectivity index (χ1v) is 11.3. The van der Waals surface area contributed by atoms with Crippen LogP contribution in [-0.4, -0.2) is 34.7 Å². The van der Waals surface area contributed by atoms with Gasteiger partial charge in [-0.05, 0) is 24.1 Å². The lowest BCUT2D eigenvalue weighted by Gasteiger charge is -2.11. The van der Waals surface area contributed by atoms with Crippen LogP contribution in [0.4, 0.5) is 0 Å². The lowest BCUT2D eigenvalue weighted by atomic mass is 10.1. The zero-order valence-electron chi connectivity index (χ0n) is 13.4. The molecule has 1 aliphatic rings. The number of aromatic nitrogens is 3. The normalized spacial score (nSPS) is 19.2. The second-order valence-corrected chi connectivity index (χ2v) is 9.86. The predicted molar refractivity (Wildman–Crippen MR) is 102 cm³/mol. The minimum absolute atomic E-state index is 0.100. The molecule has 1 unspecified atom stereocenters. The van der Waals surface area contributed by atoms with Gasteiger partial charge in [0.05, 0.1) is 21.6 Å². The molecule has 0 N–H and O–H groups in total. The number of benzene rings is 1. The van der Waals surface area contributed by atoms with Crippen LogP contribution in [0.1, 0.15) is 23.7 Å². The van der Waals surface area contributed by atoms with Crippen molar-refractivity contribution in [2.45, 2.75) is 29.8 Å². The van der Waals surface area contributed by atoms with Crippen molar-refractivity contribution in [1.29, 1.82) is 0 Å². The molecule has 1 aromatic heterocycles. The van der Waals surface area contributed by atoms with Crippen LogP contribution in [0.2, 0.25) is 10.0 Å². The number of nitrogens with zero attached hydrogens (tertiary/aromatic N) is 3. The van der Waals surface area contributed by atoms with E-state index in [0.29, 0.717) is 28.8 Å². The van der Waals surface area contributed by atoms with Gasteiger partial charge in [-0.2, -0.15) is 0 Å². The molecule has 1 aliphatic heterocycles. The summed E-state index contributed by atoms with van der Waals surface area (Å²) in [6.07, 6.45) is 2.36. The van der Waals surface area contributed by atoms with Gasteiger partial charge in [0.15, 0.2) is 15.0 Å². The number of hydrogen-bond acceptors (Lipinski definition) is 5. The second kappa shape index (κ2) is 7.70. The molecular weight excluding hydrogens is 401 g/mol. The van der Waals surface area contributed by atoms with Crippen LogP contribution in [0, 0.1) is 0 Å². The van der Waals surface area contributed by atoms with Crippen LogP contribution in [0.3, 0.4) is 0 Å². The maximum Gasteiger partial charge on any atom is 0.191 e. The average Bonchev–Trinajstić information content (AvgIpc) is 3.12. The molecule has 1 saturated heterocycles. The summed E-state index contributed by atoms with van der Waals surface area (Å²) in [5.41, 5.74) is 1.03. The molecule has 5 nitrogen and oxygen atoms in total. The maximum atomic E-state index is 11.8. The molecule has 1 aromatic carbocycles. The molecule has 2 heterocycles. The molecule has 0 radical (unpaired) electrons. The minimum atomic E-state index is -2.97. The van der Waals surface area contributed by atoms with Gasteiger partial charge in [0.25, 0.3) is 0 Å². The van der Waals surface area contributed by atoms with E-state index in [1.54, 1.807) is 12.1 Å². The highest BCUT2D eigenvalue weighted by molar-refractivity contribution is 7.98. The first kappa shape index (κ1) is 18.8. The molecule has 2 aromatic rings. The Bertz CT molecular complexity index is 897. The predicted octanol–water partition coefficient (Wildman–Crippen LogP) is 3.97. The van der Waals surface area contributed by atoms with E-state index in [4.69, 9.17) is 23.2 Å². The van der Waals surface area contributed by atoms with E-state index in [2.05, 4.69) is 16.8 Å². The molecule has 25 heavy (non-hydrogen) atoms. The van der Waals surface area contributed by atoms with E-state index in [1.165, 1.54) is 11.8 Å². The molecule has 9 heteroatoms. The summed E-state index contributed by atoms with van der Waals surface area (Å²) >= 11 is 13.5. The van der Waals surface area contributed by atoms with E-state index in [9.17, 15) is 8.42 Å². The zero-order valence-corrected chi connectivity index (χ0v) is 16.5. The molecule has 0 bridgehead atoms. The van der Waals surface area contributed by atoms with Crippen LogP contribution in [0.25, 0.3) is 0 Å². The van der Waals surface area contributed by atoms with Gasteiger partial charge in [-0.3, -0.25) is 0 Å². The van der Waals surface area contributed by atoms with Gasteiger partial charge in [0, 0.05) is 18.2 Å². The largest absolute Gasteiger partial charge is 0.302 e. The smallest absolute Gasteiger partial charge is 0.191 e. The standard InChI is InChI=1S/C16H17Cl2N3O2S2/c1-2-6-21-15(12-5-7-25(22,23)10-12)19-20-16(21)24-9-11-3-4-13(17)14(18)8-11/h2-4,8,12H,1,5-7,9-10H2. The third-order valence-corrected chi connectivity index (χ3v) is 7.55. The van der Waals surface area contributed by atoms with Crippen molar-refractivity contribution in [1.82, 2.24) is 14.8 Å². The number of hydrogen-bond donors (Lipinski definition) is 0. The minimum Gasteiger partial charge on any atom is -0.302 e. The van der Waals surface area contributed by atoms with Gasteiger partial charge in [-0.1, -0.05) is 47.1 Å². The van der Waals surface area contributed by atoms with E-state index in [1.807, 2.05) is 16.7 Å². The highest BCUT2D eigenvalue weighted by Gasteiger charge is 2.33. The summed E-state index contributed by atoms with van der Waals surface area (Å²) in [5, 5.41) is 10.3. The van der Waals surface area contributed by atoms with Crippen LogP contribution >= 0.6 is 35.0 Å². The molecule has 0 amide bonds. The fourth-order valence-corrected chi connectivity index (χ4v) is 5.74. The van der Waals surface area contributed by atoms with Gasteiger partial charge >= 0.3 is 0 Å². The van der Waals surface area contributed by atoms with Crippen LogP contribution < -0.4 is 0 Å². The number of thioether (sulfide) groups is 1. The molecule has 0 spiro atoms. The Morgan fingerprint density at radius 2 is 2.12 bits per heavy atom. The van der Waals surface area contributed by atoms with Crippen molar-refractivity contribution >= 4 is 44.8 Å². The maximum absolute atomic E-state index is 11.8. The van der Waals surface area contributed by atoms with E-state index in [0.717, 1.165) is 16.5 Å². The topological polar surface area (TPSA) is 64.8 Å². The summed E-state index contributed by atoms with van der Waals surface area (Å²) < 4.78 is 25.5. The van der Waals surface area contributed by atoms with Crippen molar-refractivity contribution in [3.8, 4) is 0 Å². The Labute approximate surface area is 161 Å². The Balaban J connectivity index is 1.79. The molecule has 0 saturated carbocycles. The van der Waals surface area contributed by atoms with E-state index < -0.39 is 9.84 Å². The quantitative estimate of drug-likeness (QED) is 0.525. The summed E-state index contributed by atoms with van der Waals surface area (Å²) in [6.45, 7) is 4.32. The summed E-state index contributed by atoms with van der Waals surface area (Å²) in [5.74, 6) is 1.63. The Kier molecular flexibility index (Phi) is 5.78. The summed E-state index contributed by atoms with van der Waals surface area (Å²) in [4.78, 5) is 0. The molecule has 1 fully saturated rings. The monoisotopic (exact) mass is 417 g/mol.